The van der Waals surface area contributed by atoms with Crippen LogP contribution in [0.25, 0.3) is 0 Å². The molecule has 2 heterocycles. The molecular weight excluding hydrogens is 242 g/mol. The highest BCUT2D eigenvalue weighted by Gasteiger charge is 2.28. The number of hydrogen-bond donors (Lipinski definition) is 0. The molecule has 0 aliphatic carbocycles. The van der Waals surface area contributed by atoms with Crippen LogP contribution in [-0.4, -0.2) is 50.5 Å². The van der Waals surface area contributed by atoms with E-state index >= 15 is 0 Å². The highest BCUT2D eigenvalue weighted by atomic mass is 16.5. The summed E-state index contributed by atoms with van der Waals surface area (Å²) >= 11 is 0. The van der Waals surface area contributed by atoms with E-state index in [-0.39, 0.29) is 0 Å². The SMILES string of the molecule is COc1ccc2c(c1)OC[C@H](N1CCO[C@H](C)C1)C2. The van der Waals surface area contributed by atoms with Crippen LogP contribution in [0.4, 0.5) is 0 Å². The minimum Gasteiger partial charge on any atom is -0.497 e. The van der Waals surface area contributed by atoms with Crippen molar-refractivity contribution in [1.29, 1.82) is 0 Å². The Hall–Kier alpha value is -1.26. The van der Waals surface area contributed by atoms with Gasteiger partial charge in [-0.05, 0) is 25.0 Å². The van der Waals surface area contributed by atoms with Crippen molar-refractivity contribution in [3.05, 3.63) is 23.8 Å². The predicted octanol–water partition coefficient (Wildman–Crippen LogP) is 1.72. The number of morpholine rings is 1. The molecule has 0 bridgehead atoms. The Balaban J connectivity index is 1.71. The lowest BCUT2D eigenvalue weighted by Crippen LogP contribution is -2.50. The second-order valence-electron chi connectivity index (χ2n) is 5.32. The van der Waals surface area contributed by atoms with Gasteiger partial charge in [0.15, 0.2) is 0 Å². The maximum atomic E-state index is 5.90. The maximum Gasteiger partial charge on any atom is 0.126 e. The van der Waals surface area contributed by atoms with Crippen LogP contribution in [0.2, 0.25) is 0 Å². The molecular formula is C15H21NO3. The molecule has 0 unspecified atom stereocenters. The number of hydrogen-bond acceptors (Lipinski definition) is 4. The summed E-state index contributed by atoms with van der Waals surface area (Å²) in [5, 5.41) is 0. The van der Waals surface area contributed by atoms with Crippen molar-refractivity contribution >= 4 is 0 Å². The standard InChI is InChI=1S/C15H21NO3/c1-11-9-16(5-6-18-11)13-7-12-3-4-14(17-2)8-15(12)19-10-13/h3-4,8,11,13H,5-7,9-10H2,1-2H3/t11-,13-/m1/s1. The molecule has 0 aromatic heterocycles. The van der Waals surface area contributed by atoms with E-state index in [0.29, 0.717) is 12.1 Å². The fourth-order valence-corrected chi connectivity index (χ4v) is 2.88. The van der Waals surface area contributed by atoms with Gasteiger partial charge in [-0.15, -0.1) is 0 Å². The molecule has 1 aromatic rings. The number of fused-ring (bicyclic) bond motifs is 1. The molecule has 0 radical (unpaired) electrons. The van der Waals surface area contributed by atoms with Gasteiger partial charge in [-0.2, -0.15) is 0 Å². The minimum atomic E-state index is 0.325. The first kappa shape index (κ1) is 12.8. The van der Waals surface area contributed by atoms with E-state index in [4.69, 9.17) is 14.2 Å². The average Bonchev–Trinajstić information content (AvgIpc) is 2.46. The van der Waals surface area contributed by atoms with Gasteiger partial charge >= 0.3 is 0 Å². The van der Waals surface area contributed by atoms with Crippen molar-refractivity contribution in [1.82, 2.24) is 4.90 Å². The second-order valence-corrected chi connectivity index (χ2v) is 5.32. The summed E-state index contributed by atoms with van der Waals surface area (Å²) in [6.07, 6.45) is 1.37. The van der Waals surface area contributed by atoms with Crippen LogP contribution < -0.4 is 9.47 Å². The molecule has 19 heavy (non-hydrogen) atoms. The zero-order valence-electron chi connectivity index (χ0n) is 11.6. The Morgan fingerprint density at radius 3 is 3.05 bits per heavy atom. The number of benzene rings is 1. The summed E-state index contributed by atoms with van der Waals surface area (Å²) in [7, 11) is 1.68. The molecule has 0 saturated carbocycles. The van der Waals surface area contributed by atoms with Crippen LogP contribution in [0.1, 0.15) is 12.5 Å². The molecule has 0 amide bonds. The predicted molar refractivity (Wildman–Crippen MR) is 73.0 cm³/mol. The third-order valence-electron chi connectivity index (χ3n) is 3.95. The summed E-state index contributed by atoms with van der Waals surface area (Å²) in [4.78, 5) is 2.49. The van der Waals surface area contributed by atoms with Crippen molar-refractivity contribution in [2.75, 3.05) is 33.4 Å². The van der Waals surface area contributed by atoms with Crippen molar-refractivity contribution in [2.45, 2.75) is 25.5 Å². The van der Waals surface area contributed by atoms with Gasteiger partial charge in [-0.3, -0.25) is 4.90 Å². The molecule has 2 atom stereocenters. The van der Waals surface area contributed by atoms with E-state index in [1.54, 1.807) is 7.11 Å². The van der Waals surface area contributed by atoms with Crippen LogP contribution in [-0.2, 0) is 11.2 Å². The van der Waals surface area contributed by atoms with Gasteiger partial charge in [-0.1, -0.05) is 6.07 Å². The Morgan fingerprint density at radius 2 is 2.26 bits per heavy atom. The second kappa shape index (κ2) is 5.39. The quantitative estimate of drug-likeness (QED) is 0.813. The van der Waals surface area contributed by atoms with Gasteiger partial charge in [0.2, 0.25) is 0 Å². The van der Waals surface area contributed by atoms with E-state index in [0.717, 1.165) is 44.2 Å². The number of rotatable bonds is 2. The third kappa shape index (κ3) is 2.69. The highest BCUT2D eigenvalue weighted by molar-refractivity contribution is 5.42. The molecule has 0 spiro atoms. The van der Waals surface area contributed by atoms with Crippen LogP contribution in [0.15, 0.2) is 18.2 Å². The fourth-order valence-electron chi connectivity index (χ4n) is 2.88. The Morgan fingerprint density at radius 1 is 1.37 bits per heavy atom. The van der Waals surface area contributed by atoms with Gasteiger partial charge in [-0.25, -0.2) is 0 Å². The zero-order valence-corrected chi connectivity index (χ0v) is 11.6. The van der Waals surface area contributed by atoms with E-state index in [1.165, 1.54) is 5.56 Å². The van der Waals surface area contributed by atoms with E-state index in [9.17, 15) is 0 Å². The Kier molecular flexibility index (Phi) is 3.62. The van der Waals surface area contributed by atoms with Crippen LogP contribution in [0, 0.1) is 0 Å². The lowest BCUT2D eigenvalue weighted by Gasteiger charge is -2.39. The van der Waals surface area contributed by atoms with Gasteiger partial charge in [0.05, 0.1) is 19.8 Å². The Labute approximate surface area is 114 Å². The molecule has 4 heteroatoms. The lowest BCUT2D eigenvalue weighted by molar-refractivity contribution is -0.0425. The number of methoxy groups -OCH3 is 1. The first-order valence-corrected chi connectivity index (χ1v) is 6.91. The van der Waals surface area contributed by atoms with Crippen molar-refractivity contribution in [2.24, 2.45) is 0 Å². The average molecular weight is 263 g/mol. The molecule has 2 aliphatic rings. The van der Waals surface area contributed by atoms with E-state index < -0.39 is 0 Å². The zero-order chi connectivity index (χ0) is 13.2. The van der Waals surface area contributed by atoms with Crippen LogP contribution in [0.5, 0.6) is 11.5 Å². The largest absolute Gasteiger partial charge is 0.497 e. The lowest BCUT2D eigenvalue weighted by atomic mass is 10.0. The molecule has 1 fully saturated rings. The number of ether oxygens (including phenoxy) is 3. The molecule has 0 N–H and O–H groups in total. The summed E-state index contributed by atoms with van der Waals surface area (Å²) < 4.78 is 16.7. The smallest absolute Gasteiger partial charge is 0.126 e. The van der Waals surface area contributed by atoms with E-state index in [1.807, 2.05) is 12.1 Å². The third-order valence-corrected chi connectivity index (χ3v) is 3.95. The van der Waals surface area contributed by atoms with Crippen molar-refractivity contribution in [3.8, 4) is 11.5 Å². The van der Waals surface area contributed by atoms with Crippen LogP contribution >= 0.6 is 0 Å². The van der Waals surface area contributed by atoms with E-state index in [2.05, 4.69) is 17.9 Å². The van der Waals surface area contributed by atoms with Crippen LogP contribution in [0.3, 0.4) is 0 Å². The summed E-state index contributed by atoms with van der Waals surface area (Å²) in [5.41, 5.74) is 1.27. The molecule has 4 nitrogen and oxygen atoms in total. The molecule has 104 valence electrons. The molecule has 1 aromatic carbocycles. The van der Waals surface area contributed by atoms with Crippen molar-refractivity contribution in [3.63, 3.8) is 0 Å². The first-order valence-electron chi connectivity index (χ1n) is 6.91. The highest BCUT2D eigenvalue weighted by Crippen LogP contribution is 2.30. The number of nitrogens with zero attached hydrogens (tertiary/aromatic N) is 1. The van der Waals surface area contributed by atoms with Gasteiger partial charge in [0.25, 0.3) is 0 Å². The Bertz CT molecular complexity index is 449. The van der Waals surface area contributed by atoms with Gasteiger partial charge < -0.3 is 14.2 Å². The van der Waals surface area contributed by atoms with Crippen molar-refractivity contribution < 1.29 is 14.2 Å². The van der Waals surface area contributed by atoms with Gasteiger partial charge in [0, 0.05) is 25.2 Å². The molecule has 3 rings (SSSR count). The van der Waals surface area contributed by atoms with Gasteiger partial charge in [0.1, 0.15) is 18.1 Å². The fraction of sp³-hybridized carbons (Fsp3) is 0.600. The molecule has 1 saturated heterocycles. The topological polar surface area (TPSA) is 30.9 Å². The maximum absolute atomic E-state index is 5.90. The monoisotopic (exact) mass is 263 g/mol. The minimum absolute atomic E-state index is 0.325. The first-order chi connectivity index (χ1) is 9.26. The summed E-state index contributed by atoms with van der Waals surface area (Å²) in [6, 6.07) is 6.57. The summed E-state index contributed by atoms with van der Waals surface area (Å²) in [6.45, 7) is 5.72. The summed E-state index contributed by atoms with van der Waals surface area (Å²) in [5.74, 6) is 1.83. The normalized spacial score (nSPS) is 27.5. The molecule has 2 aliphatic heterocycles.